The summed E-state index contributed by atoms with van der Waals surface area (Å²) in [4.78, 5) is 13.9. The summed E-state index contributed by atoms with van der Waals surface area (Å²) in [6.07, 6.45) is 22.3. The van der Waals surface area contributed by atoms with Crippen LogP contribution in [0.25, 0.3) is 0 Å². The minimum absolute atomic E-state index is 0. The number of unbranched alkanes of at least 4 members (excludes halogenated alkanes) is 14. The summed E-state index contributed by atoms with van der Waals surface area (Å²) < 4.78 is 0. The van der Waals surface area contributed by atoms with Gasteiger partial charge in [-0.25, -0.2) is 0 Å². The number of carbonyl (C=O) groups excluding carboxylic acids is 1. The predicted octanol–water partition coefficient (Wildman–Crippen LogP) is 5.94. The number of carbonyl (C=O) groups is 1. The summed E-state index contributed by atoms with van der Waals surface area (Å²) >= 11 is 0. The zero-order valence-corrected chi connectivity index (χ0v) is 21.2. The molecule has 1 amide bonds. The van der Waals surface area contributed by atoms with E-state index < -0.39 is 0 Å². The van der Waals surface area contributed by atoms with E-state index in [2.05, 4.69) is 31.2 Å². The van der Waals surface area contributed by atoms with E-state index in [0.717, 1.165) is 25.9 Å². The fourth-order valence-corrected chi connectivity index (χ4v) is 3.37. The molecule has 0 aromatic heterocycles. The summed E-state index contributed by atoms with van der Waals surface area (Å²) in [6.45, 7) is 4.14. The molecule has 0 bridgehead atoms. The molecule has 0 aromatic rings. The van der Waals surface area contributed by atoms with Crippen LogP contribution in [0.4, 0.5) is 0 Å². The first-order chi connectivity index (χ1) is 12.7. The Kier molecular flexibility index (Phi) is 27.4. The average Bonchev–Trinajstić information content (AvgIpc) is 2.62. The molecule has 0 saturated heterocycles. The van der Waals surface area contributed by atoms with Gasteiger partial charge in [0.1, 0.15) is 0 Å². The number of nitrogens with zero attached hydrogens (tertiary/aromatic N) is 1. The molecule has 0 spiro atoms. The zero-order valence-electron chi connectivity index (χ0n) is 19.0. The van der Waals surface area contributed by atoms with Crippen molar-refractivity contribution in [3.8, 4) is 0 Å². The average molecular weight is 409 g/mol. The molecule has 3 nitrogen and oxygen atoms in total. The van der Waals surface area contributed by atoms with Gasteiger partial charge in [-0.1, -0.05) is 96.8 Å². The van der Waals surface area contributed by atoms with E-state index in [1.165, 1.54) is 89.9 Å². The Hall–Kier alpha value is 0.690. The van der Waals surface area contributed by atoms with Gasteiger partial charge in [-0.2, -0.15) is 0 Å². The van der Waals surface area contributed by atoms with E-state index in [4.69, 9.17) is 0 Å². The van der Waals surface area contributed by atoms with Gasteiger partial charge < -0.3 is 10.2 Å². The van der Waals surface area contributed by atoms with Gasteiger partial charge in [-0.15, -0.1) is 0 Å². The minimum Gasteiger partial charge on any atom is -0.356 e. The molecule has 2 radical (unpaired) electrons. The number of hydrogen-bond donors (Lipinski definition) is 1. The van der Waals surface area contributed by atoms with Crippen LogP contribution in [-0.4, -0.2) is 75.7 Å². The first-order valence-corrected chi connectivity index (χ1v) is 11.6. The number of rotatable bonds is 20. The van der Waals surface area contributed by atoms with E-state index >= 15 is 0 Å². The molecule has 0 aromatic carbocycles. The summed E-state index contributed by atoms with van der Waals surface area (Å²) in [5.74, 6) is 0.235. The normalized spacial score (nSPS) is 10.8. The maximum absolute atomic E-state index is 11.7. The minimum atomic E-state index is 0. The monoisotopic (exact) mass is 408 g/mol. The molecule has 0 unspecified atom stereocenters. The van der Waals surface area contributed by atoms with Gasteiger partial charge in [0.2, 0.25) is 5.91 Å². The Bertz CT molecular complexity index is 298. The summed E-state index contributed by atoms with van der Waals surface area (Å²) in [5, 5.41) is 3.02. The second-order valence-corrected chi connectivity index (χ2v) is 8.21. The standard InChI is InChI=1S/C23H48N2O.Ca/c1-4-5-6-7-8-9-10-11-12-13-14-15-16-17-18-20-23(26)24-21-19-22-25(2)3;/h4-22H2,1-3H3,(H,24,26);. The molecule has 0 aliphatic rings. The van der Waals surface area contributed by atoms with E-state index in [9.17, 15) is 4.79 Å². The quantitative estimate of drug-likeness (QED) is 0.200. The maximum Gasteiger partial charge on any atom is 0.219 e. The fraction of sp³-hybridized carbons (Fsp3) is 0.957. The largest absolute Gasteiger partial charge is 0.356 e. The van der Waals surface area contributed by atoms with E-state index in [1.54, 1.807) is 0 Å². The second kappa shape index (κ2) is 24.7. The van der Waals surface area contributed by atoms with Crippen molar-refractivity contribution in [1.29, 1.82) is 0 Å². The topological polar surface area (TPSA) is 32.3 Å². The van der Waals surface area contributed by atoms with Crippen molar-refractivity contribution in [3.63, 3.8) is 0 Å². The van der Waals surface area contributed by atoms with Crippen molar-refractivity contribution in [2.45, 2.75) is 116 Å². The van der Waals surface area contributed by atoms with Gasteiger partial charge in [-0.05, 0) is 33.5 Å². The maximum atomic E-state index is 11.7. The molecule has 4 heteroatoms. The first kappa shape index (κ1) is 29.9. The molecule has 158 valence electrons. The van der Waals surface area contributed by atoms with Crippen LogP contribution in [0.15, 0.2) is 0 Å². The van der Waals surface area contributed by atoms with Gasteiger partial charge >= 0.3 is 0 Å². The second-order valence-electron chi connectivity index (χ2n) is 8.21. The molecule has 1 N–H and O–H groups in total. The van der Waals surface area contributed by atoms with Gasteiger partial charge in [0, 0.05) is 50.7 Å². The van der Waals surface area contributed by atoms with Crippen LogP contribution in [0.5, 0.6) is 0 Å². The van der Waals surface area contributed by atoms with Gasteiger partial charge in [0.15, 0.2) is 0 Å². The van der Waals surface area contributed by atoms with Crippen LogP contribution in [0, 0.1) is 0 Å². The fourth-order valence-electron chi connectivity index (χ4n) is 3.37. The molecule has 0 aliphatic carbocycles. The molecule has 0 rings (SSSR count). The molecule has 0 heterocycles. The van der Waals surface area contributed by atoms with Crippen molar-refractivity contribution in [2.75, 3.05) is 27.2 Å². The Morgan fingerprint density at radius 2 is 1.07 bits per heavy atom. The van der Waals surface area contributed by atoms with Crippen molar-refractivity contribution < 1.29 is 4.79 Å². The zero-order chi connectivity index (χ0) is 19.3. The third-order valence-electron chi connectivity index (χ3n) is 5.11. The Balaban J connectivity index is 0. The van der Waals surface area contributed by atoms with E-state index in [1.807, 2.05) is 0 Å². The van der Waals surface area contributed by atoms with Gasteiger partial charge in [0.05, 0.1) is 0 Å². The van der Waals surface area contributed by atoms with Gasteiger partial charge in [0.25, 0.3) is 0 Å². The molecule has 0 fully saturated rings. The van der Waals surface area contributed by atoms with Crippen molar-refractivity contribution in [1.82, 2.24) is 10.2 Å². The molecular formula is C23H48CaN2O. The predicted molar refractivity (Wildman–Crippen MR) is 121 cm³/mol. The van der Waals surface area contributed by atoms with Crippen LogP contribution < -0.4 is 5.32 Å². The Morgan fingerprint density at radius 1 is 0.667 bits per heavy atom. The van der Waals surface area contributed by atoms with Gasteiger partial charge in [-0.3, -0.25) is 4.79 Å². The van der Waals surface area contributed by atoms with Crippen LogP contribution in [0.2, 0.25) is 0 Å². The summed E-state index contributed by atoms with van der Waals surface area (Å²) in [7, 11) is 4.13. The van der Waals surface area contributed by atoms with E-state index in [0.29, 0.717) is 6.42 Å². The smallest absolute Gasteiger partial charge is 0.219 e. The molecule has 0 saturated carbocycles. The molecule has 0 atom stereocenters. The van der Waals surface area contributed by atoms with E-state index in [-0.39, 0.29) is 43.6 Å². The SMILES string of the molecule is CCCCCCCCCCCCCCCCCC(=O)NCCCN(C)C.[Ca]. The van der Waals surface area contributed by atoms with Crippen molar-refractivity contribution in [3.05, 3.63) is 0 Å². The first-order valence-electron chi connectivity index (χ1n) is 11.6. The molecular weight excluding hydrogens is 360 g/mol. The van der Waals surface area contributed by atoms with Crippen LogP contribution >= 0.6 is 0 Å². The van der Waals surface area contributed by atoms with Crippen LogP contribution in [0.3, 0.4) is 0 Å². The summed E-state index contributed by atoms with van der Waals surface area (Å²) in [6, 6.07) is 0. The third kappa shape index (κ3) is 26.7. The molecule has 27 heavy (non-hydrogen) atoms. The van der Waals surface area contributed by atoms with Crippen molar-refractivity contribution in [2.24, 2.45) is 0 Å². The van der Waals surface area contributed by atoms with Crippen molar-refractivity contribution >= 4 is 43.6 Å². The van der Waals surface area contributed by atoms with Crippen LogP contribution in [0.1, 0.15) is 116 Å². The number of amides is 1. The summed E-state index contributed by atoms with van der Waals surface area (Å²) in [5.41, 5.74) is 0. The Morgan fingerprint density at radius 3 is 1.48 bits per heavy atom. The molecule has 0 aliphatic heterocycles. The number of nitrogens with one attached hydrogen (secondary N) is 1. The third-order valence-corrected chi connectivity index (χ3v) is 5.11. The number of hydrogen-bond acceptors (Lipinski definition) is 2. The Labute approximate surface area is 200 Å². The van der Waals surface area contributed by atoms with Crippen LogP contribution in [-0.2, 0) is 4.79 Å².